The maximum absolute atomic E-state index is 12.6. The lowest BCUT2D eigenvalue weighted by atomic mass is 9.98. The van der Waals surface area contributed by atoms with Crippen LogP contribution in [0.5, 0.6) is 0 Å². The first-order valence-corrected chi connectivity index (χ1v) is 11.7. The molecule has 2 fully saturated rings. The first kappa shape index (κ1) is 19.6. The Morgan fingerprint density at radius 2 is 1.81 bits per heavy atom. The summed E-state index contributed by atoms with van der Waals surface area (Å²) in [4.78, 5) is 19.0. The molecule has 3 heterocycles. The number of likely N-dealkylation sites (tertiary alicyclic amines) is 1. The molecule has 3 rings (SSSR count). The lowest BCUT2D eigenvalue weighted by Gasteiger charge is -2.39. The van der Waals surface area contributed by atoms with E-state index in [2.05, 4.69) is 18.8 Å². The van der Waals surface area contributed by atoms with Crippen molar-refractivity contribution in [3.8, 4) is 0 Å². The monoisotopic (exact) mass is 397 g/mol. The van der Waals surface area contributed by atoms with E-state index in [-0.39, 0.29) is 22.9 Å². The van der Waals surface area contributed by atoms with Crippen LogP contribution in [0.25, 0.3) is 0 Å². The van der Waals surface area contributed by atoms with Gasteiger partial charge in [-0.1, -0.05) is 11.8 Å². The number of rotatable bonds is 5. The summed E-state index contributed by atoms with van der Waals surface area (Å²) < 4.78 is 26.5. The molecule has 0 aromatic carbocycles. The Kier molecular flexibility index (Phi) is 6.25. The van der Waals surface area contributed by atoms with E-state index in [0.717, 1.165) is 25.7 Å². The van der Waals surface area contributed by atoms with Crippen LogP contribution in [0.3, 0.4) is 0 Å². The summed E-state index contributed by atoms with van der Waals surface area (Å²) in [5.74, 6) is 0.463. The molecule has 0 saturated carbocycles. The molecule has 2 saturated heterocycles. The third-order valence-corrected chi connectivity index (χ3v) is 8.05. The predicted molar refractivity (Wildman–Crippen MR) is 103 cm³/mol. The molecule has 0 unspecified atom stereocenters. The minimum absolute atomic E-state index is 0.130. The van der Waals surface area contributed by atoms with Gasteiger partial charge in [-0.2, -0.15) is 4.31 Å². The van der Waals surface area contributed by atoms with Gasteiger partial charge in [0, 0.05) is 31.4 Å². The Morgan fingerprint density at radius 3 is 2.38 bits per heavy atom. The lowest BCUT2D eigenvalue weighted by molar-refractivity contribution is -0.134. The van der Waals surface area contributed by atoms with E-state index < -0.39 is 10.0 Å². The fourth-order valence-electron chi connectivity index (χ4n) is 3.81. The molecule has 0 bridgehead atoms. The highest BCUT2D eigenvalue weighted by Gasteiger charge is 2.29. The van der Waals surface area contributed by atoms with Crippen molar-refractivity contribution in [2.24, 2.45) is 0 Å². The van der Waals surface area contributed by atoms with Crippen LogP contribution in [-0.2, 0) is 14.8 Å². The highest BCUT2D eigenvalue weighted by Crippen LogP contribution is 2.26. The van der Waals surface area contributed by atoms with E-state index >= 15 is 0 Å². The van der Waals surface area contributed by atoms with Gasteiger partial charge in [0.15, 0.2) is 0 Å². The molecule has 6 nitrogen and oxygen atoms in total. The molecule has 0 radical (unpaired) electrons. The van der Waals surface area contributed by atoms with Gasteiger partial charge < -0.3 is 4.90 Å². The van der Waals surface area contributed by atoms with Crippen molar-refractivity contribution in [2.45, 2.75) is 68.0 Å². The summed E-state index contributed by atoms with van der Waals surface area (Å²) in [6, 6.07) is 3.87. The van der Waals surface area contributed by atoms with Gasteiger partial charge >= 0.3 is 0 Å². The fraction of sp³-hybridized carbons (Fsp3) is 0.667. The average Bonchev–Trinajstić information content (AvgIpc) is 3.16. The number of pyridine rings is 1. The largest absolute Gasteiger partial charge is 0.337 e. The second-order valence-corrected chi connectivity index (χ2v) is 10.1. The van der Waals surface area contributed by atoms with Crippen LogP contribution in [0.2, 0.25) is 0 Å². The molecule has 2 aliphatic rings. The summed E-state index contributed by atoms with van der Waals surface area (Å²) in [5, 5.41) is 0.677. The Balaban J connectivity index is 1.60. The first-order valence-electron chi connectivity index (χ1n) is 9.30. The van der Waals surface area contributed by atoms with Gasteiger partial charge in [-0.3, -0.25) is 4.79 Å². The van der Waals surface area contributed by atoms with Crippen LogP contribution in [0, 0.1) is 0 Å². The van der Waals surface area contributed by atoms with E-state index in [1.54, 1.807) is 12.1 Å². The summed E-state index contributed by atoms with van der Waals surface area (Å²) in [6.45, 7) is 5.38. The minimum Gasteiger partial charge on any atom is -0.337 e. The minimum atomic E-state index is -3.43. The van der Waals surface area contributed by atoms with Crippen LogP contribution in [0.15, 0.2) is 28.3 Å². The summed E-state index contributed by atoms with van der Waals surface area (Å²) >= 11 is 1.37. The molecule has 26 heavy (non-hydrogen) atoms. The maximum atomic E-state index is 12.6. The molecule has 2 aliphatic heterocycles. The van der Waals surface area contributed by atoms with Gasteiger partial charge in [0.2, 0.25) is 15.9 Å². The Bertz CT molecular complexity index is 721. The van der Waals surface area contributed by atoms with Crippen molar-refractivity contribution >= 4 is 27.7 Å². The van der Waals surface area contributed by atoms with Crippen molar-refractivity contribution < 1.29 is 13.2 Å². The number of aromatic nitrogens is 1. The van der Waals surface area contributed by atoms with Crippen LogP contribution in [0.4, 0.5) is 0 Å². The molecule has 0 aliphatic carbocycles. The molecule has 8 heteroatoms. The smallest absolute Gasteiger partial charge is 0.244 e. The maximum Gasteiger partial charge on any atom is 0.244 e. The molecule has 1 aromatic rings. The molecular weight excluding hydrogens is 370 g/mol. The molecule has 0 spiro atoms. The zero-order valence-corrected chi connectivity index (χ0v) is 17.1. The third-order valence-electron chi connectivity index (χ3n) is 5.24. The third kappa shape index (κ3) is 4.23. The van der Waals surface area contributed by atoms with Crippen LogP contribution in [-0.4, -0.2) is 59.4 Å². The number of hydrogen-bond donors (Lipinski definition) is 0. The van der Waals surface area contributed by atoms with Crippen molar-refractivity contribution in [3.63, 3.8) is 0 Å². The van der Waals surface area contributed by atoms with E-state index in [9.17, 15) is 13.2 Å². The van der Waals surface area contributed by atoms with Crippen LogP contribution in [0.1, 0.15) is 46.0 Å². The van der Waals surface area contributed by atoms with E-state index in [1.807, 2.05) is 4.90 Å². The molecular formula is C18H27N3O3S2. The number of amides is 1. The van der Waals surface area contributed by atoms with Crippen molar-refractivity contribution in [1.29, 1.82) is 0 Å². The quantitative estimate of drug-likeness (QED) is 0.715. The fourth-order valence-corrected chi connectivity index (χ4v) is 5.98. The zero-order chi connectivity index (χ0) is 18.7. The highest BCUT2D eigenvalue weighted by molar-refractivity contribution is 7.99. The normalized spacial score (nSPS) is 24.8. The number of thioether (sulfide) groups is 1. The van der Waals surface area contributed by atoms with Crippen molar-refractivity contribution in [1.82, 2.24) is 14.2 Å². The number of hydrogen-bond acceptors (Lipinski definition) is 5. The Morgan fingerprint density at radius 1 is 1.15 bits per heavy atom. The molecule has 2 atom stereocenters. The summed E-state index contributed by atoms with van der Waals surface area (Å²) in [7, 11) is -3.43. The van der Waals surface area contributed by atoms with Crippen molar-refractivity contribution in [3.05, 3.63) is 18.3 Å². The van der Waals surface area contributed by atoms with Crippen molar-refractivity contribution in [2.75, 3.05) is 18.8 Å². The van der Waals surface area contributed by atoms with Gasteiger partial charge in [0.25, 0.3) is 0 Å². The number of piperidine rings is 1. The van der Waals surface area contributed by atoms with E-state index in [4.69, 9.17) is 0 Å². The Hall–Kier alpha value is -1.12. The first-order chi connectivity index (χ1) is 12.4. The van der Waals surface area contributed by atoms with E-state index in [0.29, 0.717) is 23.9 Å². The molecule has 0 N–H and O–H groups in total. The number of carbonyl (C=O) groups excluding carboxylic acids is 1. The molecule has 1 aromatic heterocycles. The van der Waals surface area contributed by atoms with Gasteiger partial charge in [-0.25, -0.2) is 13.4 Å². The van der Waals surface area contributed by atoms with Crippen LogP contribution < -0.4 is 0 Å². The van der Waals surface area contributed by atoms with Crippen LogP contribution >= 0.6 is 11.8 Å². The predicted octanol–water partition coefficient (Wildman–Crippen LogP) is 2.75. The van der Waals surface area contributed by atoms with Gasteiger partial charge in [-0.15, -0.1) is 0 Å². The lowest BCUT2D eigenvalue weighted by Crippen LogP contribution is -2.48. The summed E-state index contributed by atoms with van der Waals surface area (Å²) in [6.07, 6.45) is 6.52. The zero-order valence-electron chi connectivity index (χ0n) is 15.4. The topological polar surface area (TPSA) is 70.6 Å². The molecule has 144 valence electrons. The Labute approximate surface area is 160 Å². The van der Waals surface area contributed by atoms with Gasteiger partial charge in [0.05, 0.1) is 10.8 Å². The standard InChI is InChI=1S/C18H27N3O3S2/c1-14-6-5-7-15(2)21(14)18(22)13-25-17-9-8-16(12-19-17)26(23,24)20-10-3-4-11-20/h8-9,12,14-15H,3-7,10-11,13H2,1-2H3/t14-,15-/m0/s1. The van der Waals surface area contributed by atoms with Gasteiger partial charge in [-0.05, 0) is 58.1 Å². The van der Waals surface area contributed by atoms with E-state index in [1.165, 1.54) is 28.7 Å². The number of nitrogens with zero attached hydrogens (tertiary/aromatic N) is 3. The van der Waals surface area contributed by atoms with Gasteiger partial charge in [0.1, 0.15) is 4.90 Å². The second-order valence-electron chi connectivity index (χ2n) is 7.16. The summed E-state index contributed by atoms with van der Waals surface area (Å²) in [5.41, 5.74) is 0. The SMILES string of the molecule is C[C@H]1CCC[C@H](C)N1C(=O)CSc1ccc(S(=O)(=O)N2CCCC2)cn1. The molecule has 1 amide bonds. The second kappa shape index (κ2) is 8.27. The number of carbonyl (C=O) groups is 1. The number of sulfonamides is 1. The average molecular weight is 398 g/mol. The highest BCUT2D eigenvalue weighted by atomic mass is 32.2.